The summed E-state index contributed by atoms with van der Waals surface area (Å²) in [7, 11) is -5.28. The van der Waals surface area contributed by atoms with E-state index in [9.17, 15) is 12.6 Å². The maximum absolute atomic E-state index is 13.2. The van der Waals surface area contributed by atoms with Crippen LogP contribution < -0.4 is 4.72 Å². The highest BCUT2D eigenvalue weighted by Crippen LogP contribution is 2.25. The molecule has 0 aromatic heterocycles. The molecule has 0 aliphatic carbocycles. The van der Waals surface area contributed by atoms with Gasteiger partial charge in [0.1, 0.15) is 11.0 Å². The Hall–Kier alpha value is -2.61. The smallest absolute Gasteiger partial charge is 0.234 e. The minimum atomic E-state index is -3.79. The number of sulfonamides is 1. The van der Waals surface area contributed by atoms with E-state index in [0.29, 0.717) is 5.71 Å². The van der Waals surface area contributed by atoms with E-state index < -0.39 is 31.8 Å². The fourth-order valence-corrected chi connectivity index (χ4v) is 5.03. The van der Waals surface area contributed by atoms with Crippen molar-refractivity contribution in [2.75, 3.05) is 0 Å². The Morgan fingerprint density at radius 2 is 1.45 bits per heavy atom. The van der Waals surface area contributed by atoms with Gasteiger partial charge in [0, 0.05) is 6.42 Å². The van der Waals surface area contributed by atoms with Crippen LogP contribution in [0.15, 0.2) is 94.2 Å². The highest BCUT2D eigenvalue weighted by molar-refractivity contribution is 7.89. The summed E-state index contributed by atoms with van der Waals surface area (Å²) in [5.74, 6) is 0. The van der Waals surface area contributed by atoms with Crippen LogP contribution in [-0.4, -0.2) is 23.1 Å². The summed E-state index contributed by atoms with van der Waals surface area (Å²) >= 11 is 0. The zero-order chi connectivity index (χ0) is 24.1. The molecule has 3 aromatic rings. The molecule has 174 valence electrons. The largest absolute Gasteiger partial charge is 0.241 e. The topological polar surface area (TPSA) is 75.6 Å². The zero-order valence-electron chi connectivity index (χ0n) is 19.4. The van der Waals surface area contributed by atoms with E-state index in [2.05, 4.69) is 9.12 Å². The lowest BCUT2D eigenvalue weighted by Crippen LogP contribution is -2.31. The fraction of sp³-hybridized carbons (Fsp3) is 0.269. The second kappa shape index (κ2) is 10.5. The molecular weight excluding hydrogens is 452 g/mol. The summed E-state index contributed by atoms with van der Waals surface area (Å²) in [5, 5.41) is 0. The number of rotatable bonds is 8. The molecule has 0 heterocycles. The van der Waals surface area contributed by atoms with Crippen molar-refractivity contribution in [3.63, 3.8) is 0 Å². The Morgan fingerprint density at radius 3 is 2.00 bits per heavy atom. The molecule has 33 heavy (non-hydrogen) atoms. The zero-order valence-corrected chi connectivity index (χ0v) is 21.0. The summed E-state index contributed by atoms with van der Waals surface area (Å²) in [6, 6.07) is 25.0. The van der Waals surface area contributed by atoms with Crippen LogP contribution in [0.1, 0.15) is 49.9 Å². The van der Waals surface area contributed by atoms with Gasteiger partial charge in [-0.2, -0.15) is 4.40 Å². The summed E-state index contributed by atoms with van der Waals surface area (Å²) in [4.78, 5) is 0.200. The Balaban J connectivity index is 2.03. The average Bonchev–Trinajstić information content (AvgIpc) is 2.78. The van der Waals surface area contributed by atoms with Crippen molar-refractivity contribution in [1.82, 2.24) is 4.72 Å². The van der Waals surface area contributed by atoms with Crippen LogP contribution in [0.3, 0.4) is 0 Å². The third kappa shape index (κ3) is 6.93. The van der Waals surface area contributed by atoms with Crippen LogP contribution in [0.4, 0.5) is 0 Å². The summed E-state index contributed by atoms with van der Waals surface area (Å²) in [6.07, 6.45) is 0.251. The summed E-state index contributed by atoms with van der Waals surface area (Å²) in [6.45, 7) is 7.51. The van der Waals surface area contributed by atoms with Gasteiger partial charge in [-0.1, -0.05) is 78.4 Å². The van der Waals surface area contributed by atoms with Crippen LogP contribution in [0.5, 0.6) is 0 Å². The molecule has 0 spiro atoms. The number of aryl methyl sites for hydroxylation is 1. The molecule has 0 amide bonds. The van der Waals surface area contributed by atoms with Crippen LogP contribution in [0.2, 0.25) is 0 Å². The van der Waals surface area contributed by atoms with Crippen molar-refractivity contribution < 1.29 is 12.6 Å². The van der Waals surface area contributed by atoms with Gasteiger partial charge in [0.15, 0.2) is 0 Å². The number of nitrogens with one attached hydrogen (secondary N) is 1. The Kier molecular flexibility index (Phi) is 8.00. The molecular formula is C26H30N2O3S2. The monoisotopic (exact) mass is 482 g/mol. The first-order valence-electron chi connectivity index (χ1n) is 10.8. The minimum Gasteiger partial charge on any atom is -0.234 e. The van der Waals surface area contributed by atoms with Crippen molar-refractivity contribution in [3.8, 4) is 0 Å². The van der Waals surface area contributed by atoms with Gasteiger partial charge in [0.05, 0.1) is 21.4 Å². The molecule has 7 heteroatoms. The molecule has 0 saturated carbocycles. The lowest BCUT2D eigenvalue weighted by atomic mass is 9.98. The van der Waals surface area contributed by atoms with E-state index in [4.69, 9.17) is 0 Å². The number of benzene rings is 3. The van der Waals surface area contributed by atoms with Crippen LogP contribution in [0.25, 0.3) is 0 Å². The van der Waals surface area contributed by atoms with E-state index in [-0.39, 0.29) is 11.3 Å². The maximum atomic E-state index is 13.2. The molecule has 0 saturated heterocycles. The lowest BCUT2D eigenvalue weighted by molar-refractivity contribution is 0.561. The van der Waals surface area contributed by atoms with Gasteiger partial charge >= 0.3 is 0 Å². The van der Waals surface area contributed by atoms with Crippen molar-refractivity contribution in [3.05, 3.63) is 102 Å². The van der Waals surface area contributed by atoms with Crippen molar-refractivity contribution in [1.29, 1.82) is 0 Å². The van der Waals surface area contributed by atoms with Gasteiger partial charge in [0.25, 0.3) is 0 Å². The van der Waals surface area contributed by atoms with Crippen molar-refractivity contribution in [2.24, 2.45) is 4.40 Å². The first kappa shape index (κ1) is 25.0. The first-order chi connectivity index (χ1) is 15.6. The van der Waals surface area contributed by atoms with Gasteiger partial charge in [-0.05, 0) is 51.0 Å². The molecule has 1 N–H and O–H groups in total. The van der Waals surface area contributed by atoms with Gasteiger partial charge in [-0.25, -0.2) is 17.3 Å². The highest BCUT2D eigenvalue weighted by Gasteiger charge is 2.25. The van der Waals surface area contributed by atoms with Crippen LogP contribution in [0, 0.1) is 6.92 Å². The van der Waals surface area contributed by atoms with Crippen LogP contribution in [-0.2, 0) is 21.0 Å². The third-order valence-electron chi connectivity index (χ3n) is 5.05. The van der Waals surface area contributed by atoms with E-state index in [1.54, 1.807) is 24.3 Å². The molecule has 0 unspecified atom stereocenters. The Bertz CT molecular complexity index is 1220. The predicted molar refractivity (Wildman–Crippen MR) is 136 cm³/mol. The first-order valence-corrected chi connectivity index (χ1v) is 13.3. The van der Waals surface area contributed by atoms with Crippen molar-refractivity contribution >= 4 is 26.7 Å². The minimum absolute atomic E-state index is 0.200. The molecule has 3 rings (SSSR count). The maximum Gasteiger partial charge on any atom is 0.241 e. The normalized spacial score (nSPS) is 14.6. The molecule has 0 radical (unpaired) electrons. The Labute approximate surface area is 199 Å². The number of hydrogen-bond donors (Lipinski definition) is 1. The highest BCUT2D eigenvalue weighted by atomic mass is 32.2. The average molecular weight is 483 g/mol. The number of nitrogens with zero attached hydrogens (tertiary/aromatic N) is 1. The van der Waals surface area contributed by atoms with Gasteiger partial charge < -0.3 is 0 Å². The lowest BCUT2D eigenvalue weighted by Gasteiger charge is -2.22. The number of hydrogen-bond acceptors (Lipinski definition) is 3. The quantitative estimate of drug-likeness (QED) is 0.439. The molecule has 2 atom stereocenters. The molecule has 3 aromatic carbocycles. The molecule has 0 bridgehead atoms. The second-order valence-corrected chi connectivity index (χ2v) is 12.5. The Morgan fingerprint density at radius 1 is 0.909 bits per heavy atom. The van der Waals surface area contributed by atoms with E-state index in [0.717, 1.165) is 16.7 Å². The standard InChI is InChI=1S/C26H30N2O3S2/c1-20-15-17-23(18-16-20)33(30,31)28-25(22-13-9-6-10-14-22)19-24(21-11-7-5-8-12-21)27-32(29)26(2,3)4/h5-18,25,28H,19H2,1-4H3/b27-24-/t25-,32+/m0/s1. The van der Waals surface area contributed by atoms with Gasteiger partial charge in [-0.3, -0.25) is 0 Å². The fourth-order valence-electron chi connectivity index (χ4n) is 3.15. The predicted octanol–water partition coefficient (Wildman–Crippen LogP) is 5.36. The second-order valence-electron chi connectivity index (χ2n) is 8.87. The molecule has 0 aliphatic rings. The van der Waals surface area contributed by atoms with Gasteiger partial charge in [-0.15, -0.1) is 0 Å². The van der Waals surface area contributed by atoms with Gasteiger partial charge in [0.2, 0.25) is 10.0 Å². The molecule has 5 nitrogen and oxygen atoms in total. The molecule has 0 aliphatic heterocycles. The SMILES string of the molecule is Cc1ccc(S(=O)(=O)N[C@@H](C/C(=N/[S@](=O)C(C)(C)C)c2ccccc2)c2ccccc2)cc1. The third-order valence-corrected chi connectivity index (χ3v) is 7.97. The molecule has 0 fully saturated rings. The van der Waals surface area contributed by atoms with Crippen molar-refractivity contribution in [2.45, 2.75) is 49.8 Å². The summed E-state index contributed by atoms with van der Waals surface area (Å²) < 4.78 is 46.2. The van der Waals surface area contributed by atoms with E-state index in [1.165, 1.54) is 0 Å². The summed E-state index contributed by atoms with van der Waals surface area (Å²) in [5.41, 5.74) is 3.19. The van der Waals surface area contributed by atoms with E-state index >= 15 is 0 Å². The van der Waals surface area contributed by atoms with Crippen LogP contribution >= 0.6 is 0 Å². The van der Waals surface area contributed by atoms with E-state index in [1.807, 2.05) is 88.4 Å².